The van der Waals surface area contributed by atoms with Crippen LogP contribution in [0.2, 0.25) is 0 Å². The van der Waals surface area contributed by atoms with E-state index in [1.165, 1.54) is 11.3 Å². The van der Waals surface area contributed by atoms with Crippen LogP contribution in [0, 0.1) is 6.92 Å². The van der Waals surface area contributed by atoms with E-state index in [9.17, 15) is 4.21 Å². The summed E-state index contributed by atoms with van der Waals surface area (Å²) < 4.78 is 15.8. The summed E-state index contributed by atoms with van der Waals surface area (Å²) in [6, 6.07) is 7.47. The zero-order chi connectivity index (χ0) is 14.3. The number of rotatable bonds is 3. The number of aromatic nitrogens is 3. The summed E-state index contributed by atoms with van der Waals surface area (Å²) in [5, 5.41) is 4.26. The largest absolute Gasteiger partial charge is 0.399 e. The van der Waals surface area contributed by atoms with E-state index in [0.29, 0.717) is 15.8 Å². The van der Waals surface area contributed by atoms with E-state index in [4.69, 9.17) is 5.73 Å². The Bertz CT molecular complexity index is 806. The minimum absolute atomic E-state index is 0.423. The Labute approximate surface area is 122 Å². The average Bonchev–Trinajstić information content (AvgIpc) is 2.92. The number of nitrogens with two attached hydrogens (primary N) is 1. The number of hydrogen-bond donors (Lipinski definition) is 1. The maximum Gasteiger partial charge on any atom is 0.182 e. The van der Waals surface area contributed by atoms with Gasteiger partial charge >= 0.3 is 0 Å². The normalized spacial score (nSPS) is 12.9. The van der Waals surface area contributed by atoms with Crippen LogP contribution in [0.4, 0.5) is 5.69 Å². The summed E-state index contributed by atoms with van der Waals surface area (Å²) in [6.07, 6.45) is 0. The van der Waals surface area contributed by atoms with Crippen molar-refractivity contribution in [3.63, 3.8) is 0 Å². The molecule has 2 heterocycles. The Morgan fingerprint density at radius 1 is 1.40 bits per heavy atom. The van der Waals surface area contributed by atoms with Crippen molar-refractivity contribution in [3.05, 3.63) is 35.7 Å². The molecule has 0 bridgehead atoms. The van der Waals surface area contributed by atoms with Crippen molar-refractivity contribution in [3.8, 4) is 0 Å². The van der Waals surface area contributed by atoms with Crippen LogP contribution in [0.5, 0.6) is 0 Å². The lowest BCUT2D eigenvalue weighted by Crippen LogP contribution is -2.02. The predicted molar refractivity (Wildman–Crippen MR) is 82.1 cm³/mol. The zero-order valence-corrected chi connectivity index (χ0v) is 12.8. The van der Waals surface area contributed by atoms with Gasteiger partial charge < -0.3 is 5.73 Å². The van der Waals surface area contributed by atoms with Crippen molar-refractivity contribution < 1.29 is 4.21 Å². The molecule has 0 saturated heterocycles. The molecule has 0 radical (unpaired) electrons. The molecular formula is C13H14N4OS2. The number of fused-ring (bicyclic) bond motifs is 1. The first kappa shape index (κ1) is 13.3. The monoisotopic (exact) mass is 306 g/mol. The van der Waals surface area contributed by atoms with Crippen LogP contribution in [-0.4, -0.2) is 19.0 Å². The fraction of sp³-hybridized carbons (Fsp3) is 0.231. The van der Waals surface area contributed by atoms with Gasteiger partial charge in [-0.25, -0.2) is 4.98 Å². The molecule has 1 atom stereocenters. The highest BCUT2D eigenvalue weighted by atomic mass is 32.2. The highest BCUT2D eigenvalue weighted by molar-refractivity contribution is 7.86. The lowest BCUT2D eigenvalue weighted by Gasteiger charge is -1.99. The van der Waals surface area contributed by atoms with Crippen molar-refractivity contribution in [1.29, 1.82) is 0 Å². The lowest BCUT2D eigenvalue weighted by atomic mass is 10.3. The van der Waals surface area contributed by atoms with Gasteiger partial charge in [0.2, 0.25) is 0 Å². The molecule has 2 aromatic heterocycles. The maximum atomic E-state index is 12.4. The fourth-order valence-corrected chi connectivity index (χ4v) is 4.44. The topological polar surface area (TPSA) is 73.8 Å². The van der Waals surface area contributed by atoms with Crippen LogP contribution in [0.25, 0.3) is 10.2 Å². The number of nitrogen functional groups attached to an aromatic ring is 1. The molecule has 0 amide bonds. The van der Waals surface area contributed by atoms with Gasteiger partial charge in [0.15, 0.2) is 4.34 Å². The Balaban J connectivity index is 1.90. The third-order valence-corrected chi connectivity index (χ3v) is 5.62. The first-order valence-corrected chi connectivity index (χ1v) is 8.20. The molecule has 0 aliphatic heterocycles. The molecule has 1 unspecified atom stereocenters. The molecule has 1 aromatic carbocycles. The molecule has 0 aliphatic carbocycles. The van der Waals surface area contributed by atoms with E-state index in [1.54, 1.807) is 10.7 Å². The van der Waals surface area contributed by atoms with Crippen LogP contribution < -0.4 is 5.73 Å². The van der Waals surface area contributed by atoms with Crippen molar-refractivity contribution in [1.82, 2.24) is 14.8 Å². The molecule has 5 nitrogen and oxygen atoms in total. The van der Waals surface area contributed by atoms with E-state index in [2.05, 4.69) is 10.1 Å². The molecule has 104 valence electrons. The highest BCUT2D eigenvalue weighted by Gasteiger charge is 2.14. The number of benzene rings is 1. The molecule has 3 aromatic rings. The van der Waals surface area contributed by atoms with Gasteiger partial charge in [-0.2, -0.15) is 5.10 Å². The standard InChI is InChI=1S/C13H14N4OS2/c1-8-5-10(17(2)16-8)7-20(18)13-15-11-4-3-9(14)6-12(11)19-13/h3-6H,7,14H2,1-2H3. The second-order valence-electron chi connectivity index (χ2n) is 4.60. The van der Waals surface area contributed by atoms with E-state index >= 15 is 0 Å². The van der Waals surface area contributed by atoms with E-state index < -0.39 is 10.8 Å². The van der Waals surface area contributed by atoms with E-state index in [-0.39, 0.29) is 0 Å². The van der Waals surface area contributed by atoms with Crippen molar-refractivity contribution >= 4 is 38.0 Å². The minimum atomic E-state index is -1.16. The first-order chi connectivity index (χ1) is 9.52. The van der Waals surface area contributed by atoms with Crippen LogP contribution in [0.15, 0.2) is 28.6 Å². The number of thiazole rings is 1. The molecule has 20 heavy (non-hydrogen) atoms. The number of hydrogen-bond acceptors (Lipinski definition) is 5. The molecule has 2 N–H and O–H groups in total. The second-order valence-corrected chi connectivity index (χ2v) is 7.25. The molecule has 0 fully saturated rings. The average molecular weight is 306 g/mol. The first-order valence-electron chi connectivity index (χ1n) is 6.07. The lowest BCUT2D eigenvalue weighted by molar-refractivity contribution is 0.675. The predicted octanol–water partition coefficient (Wildman–Crippen LogP) is 2.23. The molecule has 3 rings (SSSR count). The van der Waals surface area contributed by atoms with Crippen LogP contribution in [0.1, 0.15) is 11.4 Å². The van der Waals surface area contributed by atoms with Crippen molar-refractivity contribution in [2.24, 2.45) is 7.05 Å². The van der Waals surface area contributed by atoms with Gasteiger partial charge in [-0.3, -0.25) is 8.89 Å². The van der Waals surface area contributed by atoms with Gasteiger partial charge in [0.25, 0.3) is 0 Å². The summed E-state index contributed by atoms with van der Waals surface area (Å²) in [4.78, 5) is 4.42. The Kier molecular flexibility index (Phi) is 3.31. The maximum absolute atomic E-state index is 12.4. The van der Waals surface area contributed by atoms with E-state index in [1.807, 2.05) is 32.2 Å². The van der Waals surface area contributed by atoms with Crippen LogP contribution in [-0.2, 0) is 23.6 Å². The van der Waals surface area contributed by atoms with Gasteiger partial charge in [0.1, 0.15) is 0 Å². The minimum Gasteiger partial charge on any atom is -0.399 e. The van der Waals surface area contributed by atoms with Gasteiger partial charge in [-0.05, 0) is 31.2 Å². The molecule has 0 spiro atoms. The quantitative estimate of drug-likeness (QED) is 0.753. The molecule has 0 aliphatic rings. The molecular weight excluding hydrogens is 292 g/mol. The fourth-order valence-electron chi connectivity index (χ4n) is 2.01. The summed E-state index contributed by atoms with van der Waals surface area (Å²) in [5.74, 6) is 0.423. The van der Waals surface area contributed by atoms with Crippen molar-refractivity contribution in [2.75, 3.05) is 5.73 Å². The van der Waals surface area contributed by atoms with Gasteiger partial charge in [0, 0.05) is 12.7 Å². The Hall–Kier alpha value is -1.73. The number of nitrogens with zero attached hydrogens (tertiary/aromatic N) is 3. The number of aryl methyl sites for hydroxylation is 2. The summed E-state index contributed by atoms with van der Waals surface area (Å²) in [5.41, 5.74) is 9.15. The second kappa shape index (κ2) is 4.99. The SMILES string of the molecule is Cc1cc(CS(=O)c2nc3ccc(N)cc3s2)n(C)n1. The summed E-state index contributed by atoms with van der Waals surface area (Å²) >= 11 is 1.43. The zero-order valence-electron chi connectivity index (χ0n) is 11.2. The third kappa shape index (κ3) is 2.46. The highest BCUT2D eigenvalue weighted by Crippen LogP contribution is 2.27. The van der Waals surface area contributed by atoms with Crippen LogP contribution in [0.3, 0.4) is 0 Å². The van der Waals surface area contributed by atoms with Gasteiger partial charge in [-0.1, -0.05) is 0 Å². The number of anilines is 1. The molecule has 7 heteroatoms. The van der Waals surface area contributed by atoms with E-state index in [0.717, 1.165) is 21.6 Å². The van der Waals surface area contributed by atoms with Gasteiger partial charge in [0.05, 0.1) is 38.2 Å². The Morgan fingerprint density at radius 2 is 2.20 bits per heavy atom. The van der Waals surface area contributed by atoms with Crippen molar-refractivity contribution in [2.45, 2.75) is 17.0 Å². The summed E-state index contributed by atoms with van der Waals surface area (Å²) in [7, 11) is 0.695. The summed E-state index contributed by atoms with van der Waals surface area (Å²) in [6.45, 7) is 1.92. The smallest absolute Gasteiger partial charge is 0.182 e. The Morgan fingerprint density at radius 3 is 2.90 bits per heavy atom. The van der Waals surface area contributed by atoms with Crippen LogP contribution >= 0.6 is 11.3 Å². The third-order valence-electron chi connectivity index (χ3n) is 2.97. The molecule has 0 saturated carbocycles. The van der Waals surface area contributed by atoms with Gasteiger partial charge in [-0.15, -0.1) is 11.3 Å².